The Bertz CT molecular complexity index is 1620. The lowest BCUT2D eigenvalue weighted by molar-refractivity contribution is -0.127. The Morgan fingerprint density at radius 1 is 1.07 bits per heavy atom. The molecule has 2 aromatic carbocycles. The van der Waals surface area contributed by atoms with E-state index >= 15 is 4.39 Å². The van der Waals surface area contributed by atoms with Crippen molar-refractivity contribution in [2.75, 3.05) is 52.3 Å². The van der Waals surface area contributed by atoms with Gasteiger partial charge in [0.05, 0.1) is 12.8 Å². The number of rotatable bonds is 11. The molecule has 1 atom stereocenters. The first-order valence-corrected chi connectivity index (χ1v) is 15.1. The van der Waals surface area contributed by atoms with Crippen molar-refractivity contribution in [3.8, 4) is 23.0 Å². The van der Waals surface area contributed by atoms with Crippen molar-refractivity contribution in [3.05, 3.63) is 72.7 Å². The van der Waals surface area contributed by atoms with Gasteiger partial charge in [-0.3, -0.25) is 9.79 Å². The van der Waals surface area contributed by atoms with Gasteiger partial charge in [0.25, 0.3) is 0 Å². The predicted molar refractivity (Wildman–Crippen MR) is 178 cm³/mol. The maximum absolute atomic E-state index is 15.3. The van der Waals surface area contributed by atoms with Gasteiger partial charge in [0.15, 0.2) is 17.3 Å². The lowest BCUT2D eigenvalue weighted by Gasteiger charge is -2.32. The number of hydrogen-bond acceptors (Lipinski definition) is 9. The Labute approximate surface area is 268 Å². The normalized spacial score (nSPS) is 17.2. The minimum atomic E-state index is -0.609. The molecule has 0 radical (unpaired) electrons. The highest BCUT2D eigenvalue weighted by molar-refractivity contribution is 6.04. The molecule has 3 aromatic rings. The molecular weight excluding hydrogens is 589 g/mol. The van der Waals surface area contributed by atoms with E-state index in [0.717, 1.165) is 25.3 Å². The molecule has 242 valence electrons. The molecule has 3 heterocycles. The molecule has 46 heavy (non-hydrogen) atoms. The second-order valence-electron chi connectivity index (χ2n) is 11.4. The lowest BCUT2D eigenvalue weighted by Crippen LogP contribution is -2.41. The number of benzene rings is 2. The van der Waals surface area contributed by atoms with Crippen molar-refractivity contribution < 1.29 is 23.4 Å². The standard InChI is InChI=1S/C34H40FN7O4/c1-6-33(43)41-15-11-23(12-16-41)46-31-19-26(29(37-2)20-30(31)44-5)34(36)39-28-8-7-24(17-27(28)35)45-25-9-13-38-32(18-25)42-14-10-22(21-42)40(3)4/h6-9,13,17-20,22-23H,1-2,10-12,14-16,21H2,3-5H3,(H2,36,39)/t22-/m1/s1. The zero-order valence-corrected chi connectivity index (χ0v) is 26.5. The SMILES string of the molecule is C=CC(=O)N1CCC(Oc2cc(C(N)=Nc3ccc(Oc4ccnc(N5CC[C@@H](N(C)C)C5)c4)cc3F)c(N=C)cc2OC)CC1. The quantitative estimate of drug-likeness (QED) is 0.177. The minimum Gasteiger partial charge on any atom is -0.493 e. The van der Waals surface area contributed by atoms with Gasteiger partial charge in [-0.05, 0) is 57.6 Å². The Morgan fingerprint density at radius 2 is 1.83 bits per heavy atom. The van der Waals surface area contributed by atoms with Crippen molar-refractivity contribution in [1.82, 2.24) is 14.8 Å². The van der Waals surface area contributed by atoms with Crippen LogP contribution in [0, 0.1) is 5.82 Å². The van der Waals surface area contributed by atoms with E-state index in [2.05, 4.69) is 52.2 Å². The van der Waals surface area contributed by atoms with E-state index in [1.54, 1.807) is 35.4 Å². The van der Waals surface area contributed by atoms with Crippen molar-refractivity contribution >= 4 is 35.7 Å². The fourth-order valence-corrected chi connectivity index (χ4v) is 5.61. The fraction of sp³-hybridized carbons (Fsp3) is 0.353. The molecule has 1 aromatic heterocycles. The summed E-state index contributed by atoms with van der Waals surface area (Å²) in [6, 6.07) is 11.8. The smallest absolute Gasteiger partial charge is 0.245 e. The number of aromatic nitrogens is 1. The van der Waals surface area contributed by atoms with Crippen LogP contribution in [0.2, 0.25) is 0 Å². The average Bonchev–Trinajstić information content (AvgIpc) is 3.57. The number of anilines is 1. The molecule has 5 rings (SSSR count). The van der Waals surface area contributed by atoms with Crippen LogP contribution in [-0.2, 0) is 4.79 Å². The lowest BCUT2D eigenvalue weighted by atomic mass is 10.1. The van der Waals surface area contributed by atoms with Crippen LogP contribution in [0.1, 0.15) is 24.8 Å². The highest BCUT2D eigenvalue weighted by atomic mass is 19.1. The van der Waals surface area contributed by atoms with Crippen LogP contribution in [0.15, 0.2) is 71.3 Å². The van der Waals surface area contributed by atoms with Crippen LogP contribution < -0.4 is 24.8 Å². The first-order chi connectivity index (χ1) is 22.2. The van der Waals surface area contributed by atoms with Crippen LogP contribution in [0.25, 0.3) is 0 Å². The van der Waals surface area contributed by atoms with Crippen LogP contribution in [0.3, 0.4) is 0 Å². The fourth-order valence-electron chi connectivity index (χ4n) is 5.61. The van der Waals surface area contributed by atoms with Gasteiger partial charge in [-0.2, -0.15) is 0 Å². The van der Waals surface area contributed by atoms with Crippen molar-refractivity contribution in [3.63, 3.8) is 0 Å². The summed E-state index contributed by atoms with van der Waals surface area (Å²) in [5.74, 6) is 1.88. The number of nitrogens with zero attached hydrogens (tertiary/aromatic N) is 6. The molecular formula is C34H40FN7O4. The maximum atomic E-state index is 15.3. The first kappa shape index (κ1) is 32.4. The Balaban J connectivity index is 1.31. The molecule has 2 aliphatic heterocycles. The van der Waals surface area contributed by atoms with Gasteiger partial charge in [-0.25, -0.2) is 14.4 Å². The van der Waals surface area contributed by atoms with Crippen LogP contribution in [0.5, 0.6) is 23.0 Å². The highest BCUT2D eigenvalue weighted by Crippen LogP contribution is 2.37. The highest BCUT2D eigenvalue weighted by Gasteiger charge is 2.26. The summed E-state index contributed by atoms with van der Waals surface area (Å²) in [5, 5.41) is 0. The van der Waals surface area contributed by atoms with E-state index in [4.69, 9.17) is 19.9 Å². The molecule has 2 N–H and O–H groups in total. The maximum Gasteiger partial charge on any atom is 0.245 e. The predicted octanol–water partition coefficient (Wildman–Crippen LogP) is 5.09. The molecule has 12 heteroatoms. The number of amides is 1. The number of methoxy groups -OCH3 is 1. The molecule has 0 unspecified atom stereocenters. The molecule has 0 aliphatic carbocycles. The van der Waals surface area contributed by atoms with Gasteiger partial charge in [0.1, 0.15) is 34.9 Å². The summed E-state index contributed by atoms with van der Waals surface area (Å²) < 4.78 is 33.1. The summed E-state index contributed by atoms with van der Waals surface area (Å²) in [4.78, 5) is 31.1. The largest absolute Gasteiger partial charge is 0.493 e. The minimum absolute atomic E-state index is 0.0225. The molecule has 2 aliphatic rings. The average molecular weight is 630 g/mol. The molecule has 1 amide bonds. The van der Waals surface area contributed by atoms with Gasteiger partial charge in [-0.1, -0.05) is 6.58 Å². The summed E-state index contributed by atoms with van der Waals surface area (Å²) in [6.07, 6.45) is 5.19. The van der Waals surface area contributed by atoms with E-state index in [1.807, 2.05) is 6.07 Å². The van der Waals surface area contributed by atoms with E-state index in [9.17, 15) is 4.79 Å². The molecule has 0 bridgehead atoms. The molecule has 0 saturated carbocycles. The zero-order valence-electron chi connectivity index (χ0n) is 26.5. The van der Waals surface area contributed by atoms with E-state index in [-0.39, 0.29) is 23.5 Å². The second-order valence-corrected chi connectivity index (χ2v) is 11.4. The number of carbonyl (C=O) groups is 1. The van der Waals surface area contributed by atoms with Crippen molar-refractivity contribution in [1.29, 1.82) is 0 Å². The molecule has 2 saturated heterocycles. The number of likely N-dealkylation sites (tertiary alicyclic amines) is 1. The number of aliphatic imine (C=N–C) groups is 2. The number of likely N-dealkylation sites (N-methyl/N-ethyl adjacent to an activating group) is 1. The van der Waals surface area contributed by atoms with Gasteiger partial charge >= 0.3 is 0 Å². The summed E-state index contributed by atoms with van der Waals surface area (Å²) >= 11 is 0. The number of carbonyl (C=O) groups excluding carboxylic acids is 1. The summed E-state index contributed by atoms with van der Waals surface area (Å²) in [7, 11) is 5.69. The third kappa shape index (κ3) is 7.45. The zero-order chi connectivity index (χ0) is 32.8. The molecule has 0 spiro atoms. The molecule has 2 fully saturated rings. The van der Waals surface area contributed by atoms with Crippen molar-refractivity contribution in [2.24, 2.45) is 15.7 Å². The van der Waals surface area contributed by atoms with Gasteiger partial charge in [0, 0.05) is 75.0 Å². The van der Waals surface area contributed by atoms with Gasteiger partial charge in [-0.15, -0.1) is 0 Å². The molecule has 11 nitrogen and oxygen atoms in total. The second kappa shape index (κ2) is 14.4. The van der Waals surface area contributed by atoms with E-state index in [0.29, 0.717) is 66.2 Å². The summed E-state index contributed by atoms with van der Waals surface area (Å²) in [6.45, 7) is 10.1. The van der Waals surface area contributed by atoms with Crippen LogP contribution in [0.4, 0.5) is 21.6 Å². The number of ether oxygens (including phenoxy) is 3. The van der Waals surface area contributed by atoms with E-state index < -0.39 is 5.82 Å². The monoisotopic (exact) mass is 629 g/mol. The third-order valence-corrected chi connectivity index (χ3v) is 8.28. The number of pyridine rings is 1. The van der Waals surface area contributed by atoms with Crippen LogP contribution >= 0.6 is 0 Å². The van der Waals surface area contributed by atoms with Crippen LogP contribution in [-0.4, -0.2) is 92.8 Å². The Morgan fingerprint density at radius 3 is 2.48 bits per heavy atom. The number of hydrogen-bond donors (Lipinski definition) is 1. The number of halogens is 1. The first-order valence-electron chi connectivity index (χ1n) is 15.1. The Kier molecular flexibility index (Phi) is 10.2. The number of nitrogens with two attached hydrogens (primary N) is 1. The number of amidine groups is 1. The Hall–Kier alpha value is -4.97. The topological polar surface area (TPSA) is 118 Å². The van der Waals surface area contributed by atoms with E-state index in [1.165, 1.54) is 25.3 Å². The van der Waals surface area contributed by atoms with Gasteiger partial charge in [0.2, 0.25) is 5.91 Å². The van der Waals surface area contributed by atoms with Crippen molar-refractivity contribution in [2.45, 2.75) is 31.4 Å². The van der Waals surface area contributed by atoms with Gasteiger partial charge < -0.3 is 34.6 Å². The summed E-state index contributed by atoms with van der Waals surface area (Å²) in [5.41, 5.74) is 7.24. The third-order valence-electron chi connectivity index (χ3n) is 8.28. The number of piperidine rings is 1.